The first-order valence-corrected chi connectivity index (χ1v) is 10.6. The predicted molar refractivity (Wildman–Crippen MR) is 112 cm³/mol. The number of carbonyl (C=O) groups excluding carboxylic acids is 2. The zero-order valence-corrected chi connectivity index (χ0v) is 17.2. The van der Waals surface area contributed by atoms with E-state index in [0.717, 1.165) is 43.4 Å². The van der Waals surface area contributed by atoms with Gasteiger partial charge in [0.25, 0.3) is 0 Å². The first-order chi connectivity index (χ1) is 14.4. The minimum Gasteiger partial charge on any atom is -0.507 e. The molecule has 2 aromatic rings. The summed E-state index contributed by atoms with van der Waals surface area (Å²) in [5.74, 6) is -2.61. The summed E-state index contributed by atoms with van der Waals surface area (Å²) < 4.78 is 5.89. The number of fused-ring (bicyclic) bond motifs is 1. The maximum atomic E-state index is 12.7. The molecule has 0 aliphatic carbocycles. The van der Waals surface area contributed by atoms with Gasteiger partial charge in [-0.15, -0.1) is 0 Å². The maximum Gasteiger partial charge on any atom is 0.248 e. The molecular weight excluding hydrogens is 384 g/mol. The topological polar surface area (TPSA) is 104 Å². The number of para-hydroxylation sites is 1. The molecule has 2 aromatic carbocycles. The van der Waals surface area contributed by atoms with Crippen LogP contribution in [0.4, 0.5) is 0 Å². The summed E-state index contributed by atoms with van der Waals surface area (Å²) in [4.78, 5) is 25.3. The molecule has 0 saturated heterocycles. The molecule has 0 saturated carbocycles. The minimum absolute atomic E-state index is 0.0555. The van der Waals surface area contributed by atoms with Gasteiger partial charge in [-0.1, -0.05) is 57.6 Å². The van der Waals surface area contributed by atoms with Crippen molar-refractivity contribution in [3.63, 3.8) is 0 Å². The number of phenolic OH excluding ortho intramolecular Hbond substituents is 3. The number of aryl methyl sites for hydroxylation is 1. The highest BCUT2D eigenvalue weighted by Crippen LogP contribution is 2.42. The van der Waals surface area contributed by atoms with E-state index in [2.05, 4.69) is 6.92 Å². The number of carbonyl (C=O) groups is 2. The number of rotatable bonds is 9. The summed E-state index contributed by atoms with van der Waals surface area (Å²) in [6, 6.07) is 7.16. The van der Waals surface area contributed by atoms with Crippen LogP contribution in [-0.2, 0) is 11.2 Å². The van der Waals surface area contributed by atoms with Crippen molar-refractivity contribution >= 4 is 11.6 Å². The van der Waals surface area contributed by atoms with E-state index in [1.807, 2.05) is 6.07 Å². The Bertz CT molecular complexity index is 934. The van der Waals surface area contributed by atoms with Gasteiger partial charge in [-0.05, 0) is 30.5 Å². The highest BCUT2D eigenvalue weighted by Gasteiger charge is 2.39. The number of ketones is 2. The van der Waals surface area contributed by atoms with Crippen LogP contribution in [0.2, 0.25) is 0 Å². The summed E-state index contributed by atoms with van der Waals surface area (Å²) >= 11 is 0. The van der Waals surface area contributed by atoms with Crippen molar-refractivity contribution < 1.29 is 29.6 Å². The number of ether oxygens (including phenoxy) is 1. The molecule has 0 radical (unpaired) electrons. The molecule has 3 N–H and O–H groups in total. The molecule has 6 nitrogen and oxygen atoms in total. The number of unbranched alkanes of at least 4 members (excludes halogenated alkanes) is 6. The van der Waals surface area contributed by atoms with Gasteiger partial charge >= 0.3 is 0 Å². The predicted octanol–water partition coefficient (Wildman–Crippen LogP) is 4.98. The Morgan fingerprint density at radius 2 is 1.53 bits per heavy atom. The molecule has 3 rings (SSSR count). The van der Waals surface area contributed by atoms with Crippen LogP contribution in [0.3, 0.4) is 0 Å². The van der Waals surface area contributed by atoms with Crippen molar-refractivity contribution in [2.24, 2.45) is 0 Å². The maximum absolute atomic E-state index is 12.7. The molecule has 1 aliphatic heterocycles. The van der Waals surface area contributed by atoms with E-state index in [9.17, 15) is 24.9 Å². The standard InChI is InChI=1S/C24H28O6/c1-2-3-4-5-6-7-8-10-15-11-9-12-16-21(28)22(29)24(30-23(15)16)17-13-19(26)20(27)14-18(17)25/h9,11-14,24-27H,2-8,10H2,1H3. The van der Waals surface area contributed by atoms with Crippen LogP contribution in [0.5, 0.6) is 23.0 Å². The van der Waals surface area contributed by atoms with Gasteiger partial charge < -0.3 is 20.1 Å². The molecule has 0 aromatic heterocycles. The molecule has 0 amide bonds. The Labute approximate surface area is 176 Å². The smallest absolute Gasteiger partial charge is 0.248 e. The third-order valence-corrected chi connectivity index (χ3v) is 5.49. The summed E-state index contributed by atoms with van der Waals surface area (Å²) in [5, 5.41) is 29.4. The van der Waals surface area contributed by atoms with Crippen LogP contribution >= 0.6 is 0 Å². The largest absolute Gasteiger partial charge is 0.507 e. The summed E-state index contributed by atoms with van der Waals surface area (Å²) in [5.41, 5.74) is 1.01. The molecule has 0 spiro atoms. The molecule has 1 unspecified atom stereocenters. The lowest BCUT2D eigenvalue weighted by molar-refractivity contribution is -0.122. The summed E-state index contributed by atoms with van der Waals surface area (Å²) in [6.07, 6.45) is 7.49. The second-order valence-corrected chi connectivity index (χ2v) is 7.76. The number of hydrogen-bond acceptors (Lipinski definition) is 6. The Kier molecular flexibility index (Phi) is 6.98. The van der Waals surface area contributed by atoms with Crippen LogP contribution in [0.25, 0.3) is 0 Å². The van der Waals surface area contributed by atoms with E-state index in [1.54, 1.807) is 12.1 Å². The van der Waals surface area contributed by atoms with E-state index in [4.69, 9.17) is 4.74 Å². The third-order valence-electron chi connectivity index (χ3n) is 5.49. The van der Waals surface area contributed by atoms with Gasteiger partial charge in [0.1, 0.15) is 11.5 Å². The van der Waals surface area contributed by atoms with Crippen LogP contribution < -0.4 is 4.74 Å². The van der Waals surface area contributed by atoms with Crippen molar-refractivity contribution in [2.45, 2.75) is 64.4 Å². The SMILES string of the molecule is CCCCCCCCCc1cccc2c1OC(c1cc(O)c(O)cc1O)C(=O)C2=O. The van der Waals surface area contributed by atoms with Crippen molar-refractivity contribution in [1.29, 1.82) is 0 Å². The molecule has 30 heavy (non-hydrogen) atoms. The van der Waals surface area contributed by atoms with Gasteiger partial charge in [0.2, 0.25) is 11.6 Å². The van der Waals surface area contributed by atoms with Crippen LogP contribution in [-0.4, -0.2) is 26.9 Å². The lowest BCUT2D eigenvalue weighted by atomic mass is 9.91. The quantitative estimate of drug-likeness (QED) is 0.232. The number of Topliss-reactive ketones (excluding diaryl/α,β-unsaturated/α-hetero) is 2. The second-order valence-electron chi connectivity index (χ2n) is 7.76. The molecule has 160 valence electrons. The first-order valence-electron chi connectivity index (χ1n) is 10.6. The Morgan fingerprint density at radius 1 is 0.867 bits per heavy atom. The highest BCUT2D eigenvalue weighted by atomic mass is 16.5. The highest BCUT2D eigenvalue weighted by molar-refractivity contribution is 6.46. The lowest BCUT2D eigenvalue weighted by Gasteiger charge is -2.26. The summed E-state index contributed by atoms with van der Waals surface area (Å²) in [6.45, 7) is 2.19. The Hall–Kier alpha value is -3.02. The molecule has 1 atom stereocenters. The third kappa shape index (κ3) is 4.58. The van der Waals surface area contributed by atoms with E-state index in [-0.39, 0.29) is 11.1 Å². The van der Waals surface area contributed by atoms with Crippen LogP contribution in [0, 0.1) is 0 Å². The van der Waals surface area contributed by atoms with E-state index >= 15 is 0 Å². The number of aromatic hydroxyl groups is 3. The van der Waals surface area contributed by atoms with Crippen molar-refractivity contribution in [3.8, 4) is 23.0 Å². The number of hydrogen-bond donors (Lipinski definition) is 3. The van der Waals surface area contributed by atoms with Crippen molar-refractivity contribution in [2.75, 3.05) is 0 Å². The average molecular weight is 412 g/mol. The average Bonchev–Trinajstić information content (AvgIpc) is 2.73. The van der Waals surface area contributed by atoms with Crippen molar-refractivity contribution in [3.05, 3.63) is 47.0 Å². The van der Waals surface area contributed by atoms with Gasteiger partial charge in [0.05, 0.1) is 5.56 Å². The first kappa shape index (κ1) is 21.7. The zero-order valence-electron chi connectivity index (χ0n) is 17.2. The van der Waals surface area contributed by atoms with E-state index < -0.39 is 34.9 Å². The second kappa shape index (κ2) is 9.65. The van der Waals surface area contributed by atoms with Gasteiger partial charge in [-0.2, -0.15) is 0 Å². The summed E-state index contributed by atoms with van der Waals surface area (Å²) in [7, 11) is 0. The van der Waals surface area contributed by atoms with Gasteiger partial charge in [-0.25, -0.2) is 0 Å². The van der Waals surface area contributed by atoms with E-state index in [1.165, 1.54) is 25.7 Å². The Morgan fingerprint density at radius 3 is 2.27 bits per heavy atom. The molecule has 0 fully saturated rings. The molecular formula is C24H28O6. The molecule has 1 heterocycles. The fourth-order valence-corrected chi connectivity index (χ4v) is 3.79. The normalized spacial score (nSPS) is 15.7. The van der Waals surface area contributed by atoms with Crippen LogP contribution in [0.1, 0.15) is 79.5 Å². The fraction of sp³-hybridized carbons (Fsp3) is 0.417. The lowest BCUT2D eigenvalue weighted by Crippen LogP contribution is -2.32. The zero-order chi connectivity index (χ0) is 21.7. The van der Waals surface area contributed by atoms with Crippen LogP contribution in [0.15, 0.2) is 30.3 Å². The van der Waals surface area contributed by atoms with Gasteiger partial charge in [0.15, 0.2) is 17.6 Å². The number of benzene rings is 2. The number of phenols is 3. The fourth-order valence-electron chi connectivity index (χ4n) is 3.79. The van der Waals surface area contributed by atoms with E-state index in [0.29, 0.717) is 5.75 Å². The van der Waals surface area contributed by atoms with Gasteiger partial charge in [-0.3, -0.25) is 9.59 Å². The Balaban J connectivity index is 1.78. The molecule has 1 aliphatic rings. The monoisotopic (exact) mass is 412 g/mol. The van der Waals surface area contributed by atoms with Crippen molar-refractivity contribution in [1.82, 2.24) is 0 Å². The molecule has 0 bridgehead atoms. The molecule has 6 heteroatoms. The minimum atomic E-state index is -1.37. The van der Waals surface area contributed by atoms with Gasteiger partial charge in [0, 0.05) is 11.6 Å².